The highest BCUT2D eigenvalue weighted by atomic mass is 16.3. The molecular weight excluding hydrogens is 356 g/mol. The SMILES string of the molecule is CN1CC(=O)N(C2CCCNCC2)Cc2c(NC3CCCCC3O)ncnc21. The summed E-state index contributed by atoms with van der Waals surface area (Å²) < 4.78 is 0. The van der Waals surface area contributed by atoms with Crippen LogP contribution in [0.4, 0.5) is 11.6 Å². The van der Waals surface area contributed by atoms with Gasteiger partial charge in [0.1, 0.15) is 18.0 Å². The number of likely N-dealkylation sites (N-methyl/N-ethyl adjacent to an activating group) is 1. The Morgan fingerprint density at radius 2 is 1.96 bits per heavy atom. The molecule has 1 amide bonds. The number of rotatable bonds is 3. The Bertz CT molecular complexity index is 691. The van der Waals surface area contributed by atoms with Gasteiger partial charge < -0.3 is 25.5 Å². The fraction of sp³-hybridized carbons (Fsp3) is 0.750. The smallest absolute Gasteiger partial charge is 0.242 e. The minimum absolute atomic E-state index is 0.00698. The predicted octanol–water partition coefficient (Wildman–Crippen LogP) is 1.11. The second-order valence-corrected chi connectivity index (χ2v) is 8.34. The molecule has 2 fully saturated rings. The molecule has 1 saturated carbocycles. The second kappa shape index (κ2) is 8.61. The summed E-state index contributed by atoms with van der Waals surface area (Å²) >= 11 is 0. The topological polar surface area (TPSA) is 93.6 Å². The van der Waals surface area contributed by atoms with E-state index in [4.69, 9.17) is 0 Å². The molecule has 1 aliphatic carbocycles. The van der Waals surface area contributed by atoms with Crippen LogP contribution in [0.25, 0.3) is 0 Å². The quantitative estimate of drug-likeness (QED) is 0.714. The molecule has 3 unspecified atom stereocenters. The van der Waals surface area contributed by atoms with E-state index >= 15 is 0 Å². The molecule has 0 spiro atoms. The van der Waals surface area contributed by atoms with Crippen molar-refractivity contribution in [1.29, 1.82) is 0 Å². The number of aliphatic hydroxyl groups is 1. The summed E-state index contributed by atoms with van der Waals surface area (Å²) in [4.78, 5) is 26.0. The zero-order valence-electron chi connectivity index (χ0n) is 16.7. The molecule has 154 valence electrons. The molecule has 2 aliphatic heterocycles. The molecule has 1 saturated heterocycles. The molecule has 3 N–H and O–H groups in total. The maximum absolute atomic E-state index is 13.0. The van der Waals surface area contributed by atoms with Gasteiger partial charge in [-0.15, -0.1) is 0 Å². The van der Waals surface area contributed by atoms with Gasteiger partial charge >= 0.3 is 0 Å². The lowest BCUT2D eigenvalue weighted by Gasteiger charge is -2.32. The Labute approximate surface area is 166 Å². The van der Waals surface area contributed by atoms with E-state index in [-0.39, 0.29) is 24.1 Å². The first-order chi connectivity index (χ1) is 13.6. The van der Waals surface area contributed by atoms with Crippen LogP contribution in [-0.4, -0.2) is 70.8 Å². The summed E-state index contributed by atoms with van der Waals surface area (Å²) in [5.41, 5.74) is 0.964. The number of nitrogens with one attached hydrogen (secondary N) is 2. The van der Waals surface area contributed by atoms with Gasteiger partial charge in [-0.1, -0.05) is 12.8 Å². The molecule has 3 atom stereocenters. The Morgan fingerprint density at radius 1 is 1.11 bits per heavy atom. The third-order valence-electron chi connectivity index (χ3n) is 6.34. The number of carbonyl (C=O) groups excluding carboxylic acids is 1. The summed E-state index contributed by atoms with van der Waals surface area (Å²) in [6, 6.07) is 0.253. The van der Waals surface area contributed by atoms with Gasteiger partial charge in [0, 0.05) is 13.1 Å². The van der Waals surface area contributed by atoms with Crippen molar-refractivity contribution < 1.29 is 9.90 Å². The van der Waals surface area contributed by atoms with Crippen molar-refractivity contribution in [2.45, 2.75) is 69.7 Å². The fourth-order valence-electron chi connectivity index (χ4n) is 4.73. The van der Waals surface area contributed by atoms with Crippen LogP contribution in [-0.2, 0) is 11.3 Å². The fourth-order valence-corrected chi connectivity index (χ4v) is 4.73. The summed E-state index contributed by atoms with van der Waals surface area (Å²) in [5.74, 6) is 1.72. The van der Waals surface area contributed by atoms with Crippen molar-refractivity contribution in [1.82, 2.24) is 20.2 Å². The van der Waals surface area contributed by atoms with E-state index in [2.05, 4.69) is 20.6 Å². The molecule has 3 heterocycles. The summed E-state index contributed by atoms with van der Waals surface area (Å²) in [6.07, 6.45) is 8.23. The largest absolute Gasteiger partial charge is 0.391 e. The first kappa shape index (κ1) is 19.4. The molecule has 0 radical (unpaired) electrons. The summed E-state index contributed by atoms with van der Waals surface area (Å²) in [6.45, 7) is 2.82. The van der Waals surface area contributed by atoms with E-state index in [0.717, 1.165) is 75.2 Å². The van der Waals surface area contributed by atoms with E-state index in [9.17, 15) is 9.90 Å². The highest BCUT2D eigenvalue weighted by Crippen LogP contribution is 2.31. The van der Waals surface area contributed by atoms with E-state index in [1.165, 1.54) is 0 Å². The van der Waals surface area contributed by atoms with Crippen LogP contribution in [0.3, 0.4) is 0 Å². The maximum Gasteiger partial charge on any atom is 0.242 e. The molecule has 1 aromatic rings. The van der Waals surface area contributed by atoms with Crippen molar-refractivity contribution in [2.75, 3.05) is 36.9 Å². The number of amides is 1. The molecule has 0 aromatic carbocycles. The van der Waals surface area contributed by atoms with Crippen molar-refractivity contribution in [2.24, 2.45) is 0 Å². The molecule has 3 aliphatic rings. The number of nitrogens with zero attached hydrogens (tertiary/aromatic N) is 4. The molecule has 1 aromatic heterocycles. The van der Waals surface area contributed by atoms with Crippen LogP contribution in [0, 0.1) is 0 Å². The molecule has 0 bridgehead atoms. The lowest BCUT2D eigenvalue weighted by Crippen LogP contribution is -2.43. The highest BCUT2D eigenvalue weighted by molar-refractivity contribution is 5.84. The van der Waals surface area contributed by atoms with E-state index in [0.29, 0.717) is 13.1 Å². The van der Waals surface area contributed by atoms with Gasteiger partial charge in [-0.05, 0) is 45.2 Å². The van der Waals surface area contributed by atoms with E-state index < -0.39 is 0 Å². The normalized spacial score (nSPS) is 29.1. The van der Waals surface area contributed by atoms with Gasteiger partial charge in [-0.2, -0.15) is 0 Å². The maximum atomic E-state index is 13.0. The lowest BCUT2D eigenvalue weighted by molar-refractivity contribution is -0.132. The van der Waals surface area contributed by atoms with Gasteiger partial charge in [0.15, 0.2) is 0 Å². The number of hydrogen-bond acceptors (Lipinski definition) is 7. The first-order valence-electron chi connectivity index (χ1n) is 10.6. The van der Waals surface area contributed by atoms with Crippen LogP contribution in [0.2, 0.25) is 0 Å². The number of hydrogen-bond donors (Lipinski definition) is 3. The Morgan fingerprint density at radius 3 is 2.82 bits per heavy atom. The second-order valence-electron chi connectivity index (χ2n) is 8.34. The van der Waals surface area contributed by atoms with Crippen LogP contribution < -0.4 is 15.5 Å². The minimum Gasteiger partial charge on any atom is -0.391 e. The van der Waals surface area contributed by atoms with Crippen molar-refractivity contribution in [3.05, 3.63) is 11.9 Å². The average molecular weight is 389 g/mol. The van der Waals surface area contributed by atoms with Crippen molar-refractivity contribution >= 4 is 17.5 Å². The third kappa shape index (κ3) is 4.07. The highest BCUT2D eigenvalue weighted by Gasteiger charge is 2.33. The van der Waals surface area contributed by atoms with Crippen LogP contribution >= 0.6 is 0 Å². The number of anilines is 2. The Hall–Kier alpha value is -1.93. The number of aliphatic hydroxyl groups excluding tert-OH is 1. The standard InChI is InChI=1S/C20H32N6O2/c1-25-12-18(28)26(14-5-4-9-21-10-8-14)11-15-19(22-13-23-20(15)25)24-16-6-2-3-7-17(16)27/h13-14,16-17,21,27H,2-12H2,1H3,(H,22,23,24). The van der Waals surface area contributed by atoms with E-state index in [1.54, 1.807) is 6.33 Å². The lowest BCUT2D eigenvalue weighted by atomic mass is 9.92. The predicted molar refractivity (Wildman–Crippen MR) is 108 cm³/mol. The summed E-state index contributed by atoms with van der Waals surface area (Å²) in [5, 5.41) is 17.3. The zero-order valence-corrected chi connectivity index (χ0v) is 16.7. The molecular formula is C20H32N6O2. The molecule has 28 heavy (non-hydrogen) atoms. The first-order valence-corrected chi connectivity index (χ1v) is 10.6. The van der Waals surface area contributed by atoms with Crippen LogP contribution in [0.1, 0.15) is 50.5 Å². The Kier molecular flexibility index (Phi) is 5.96. The van der Waals surface area contributed by atoms with Gasteiger partial charge in [-0.25, -0.2) is 9.97 Å². The number of fused-ring (bicyclic) bond motifs is 1. The van der Waals surface area contributed by atoms with Crippen LogP contribution in [0.5, 0.6) is 0 Å². The summed E-state index contributed by atoms with van der Waals surface area (Å²) in [7, 11) is 1.92. The third-order valence-corrected chi connectivity index (χ3v) is 6.34. The van der Waals surface area contributed by atoms with Crippen molar-refractivity contribution in [3.8, 4) is 0 Å². The minimum atomic E-state index is -0.353. The van der Waals surface area contributed by atoms with Crippen molar-refractivity contribution in [3.63, 3.8) is 0 Å². The zero-order chi connectivity index (χ0) is 19.5. The van der Waals surface area contributed by atoms with E-state index in [1.807, 2.05) is 16.8 Å². The van der Waals surface area contributed by atoms with Crippen LogP contribution in [0.15, 0.2) is 6.33 Å². The molecule has 8 heteroatoms. The number of carbonyl (C=O) groups is 1. The van der Waals surface area contributed by atoms with Gasteiger partial charge in [-0.3, -0.25) is 4.79 Å². The monoisotopic (exact) mass is 388 g/mol. The molecule has 8 nitrogen and oxygen atoms in total. The molecule has 4 rings (SSSR count). The van der Waals surface area contributed by atoms with Gasteiger partial charge in [0.25, 0.3) is 0 Å². The van der Waals surface area contributed by atoms with Gasteiger partial charge in [0.2, 0.25) is 5.91 Å². The number of aromatic nitrogens is 2. The van der Waals surface area contributed by atoms with Gasteiger partial charge in [0.05, 0.1) is 30.8 Å². The Balaban J connectivity index is 1.62. The average Bonchev–Trinajstić information content (AvgIpc) is 3.03.